The largest absolute Gasteiger partial charge is 0.384 e. The predicted molar refractivity (Wildman–Crippen MR) is 107 cm³/mol. The van der Waals surface area contributed by atoms with Gasteiger partial charge in [-0.2, -0.15) is 0 Å². The van der Waals surface area contributed by atoms with Gasteiger partial charge in [-0.25, -0.2) is 9.37 Å². The molecule has 0 saturated carbocycles. The molecular formula is C22H26FN3. The molecule has 4 heteroatoms. The molecule has 136 valence electrons. The van der Waals surface area contributed by atoms with Crippen LogP contribution in [0.15, 0.2) is 60.7 Å². The molecule has 0 spiro atoms. The van der Waals surface area contributed by atoms with Gasteiger partial charge in [0.1, 0.15) is 11.6 Å². The van der Waals surface area contributed by atoms with Crippen LogP contribution < -0.4 is 11.1 Å². The van der Waals surface area contributed by atoms with Gasteiger partial charge in [0.05, 0.1) is 5.69 Å². The van der Waals surface area contributed by atoms with E-state index in [0.717, 1.165) is 34.5 Å². The number of benzene rings is 2. The SMILES string of the molecule is CC.Cc1cc(N)nc(-c2ccc(CNCc3cccc(F)c3)cc2)c1. The molecule has 0 bridgehead atoms. The Labute approximate surface area is 155 Å². The van der Waals surface area contributed by atoms with Gasteiger partial charge < -0.3 is 11.1 Å². The van der Waals surface area contributed by atoms with E-state index in [1.54, 1.807) is 12.1 Å². The molecule has 3 aromatic rings. The number of nitrogens with two attached hydrogens (primary N) is 1. The quantitative estimate of drug-likeness (QED) is 0.673. The monoisotopic (exact) mass is 351 g/mol. The maximum Gasteiger partial charge on any atom is 0.124 e. The summed E-state index contributed by atoms with van der Waals surface area (Å²) in [5.41, 5.74) is 10.9. The van der Waals surface area contributed by atoms with Crippen molar-refractivity contribution in [2.75, 3.05) is 5.73 Å². The third-order valence-electron chi connectivity index (χ3n) is 3.79. The van der Waals surface area contributed by atoms with Crippen LogP contribution in [0.25, 0.3) is 11.3 Å². The Hall–Kier alpha value is -2.72. The van der Waals surface area contributed by atoms with Crippen molar-refractivity contribution in [3.05, 3.63) is 83.2 Å². The number of aromatic nitrogens is 1. The minimum Gasteiger partial charge on any atom is -0.384 e. The van der Waals surface area contributed by atoms with E-state index in [1.807, 2.05) is 51.1 Å². The number of halogens is 1. The summed E-state index contributed by atoms with van der Waals surface area (Å²) in [4.78, 5) is 4.37. The van der Waals surface area contributed by atoms with Crippen LogP contribution in [0, 0.1) is 12.7 Å². The van der Waals surface area contributed by atoms with E-state index in [1.165, 1.54) is 6.07 Å². The van der Waals surface area contributed by atoms with Gasteiger partial charge in [0.25, 0.3) is 0 Å². The number of anilines is 1. The van der Waals surface area contributed by atoms with Crippen LogP contribution in [0.4, 0.5) is 10.2 Å². The standard InChI is InChI=1S/C20H20FN3.C2H6/c1-14-9-19(24-20(22)10-14)17-7-5-15(6-8-17)12-23-13-16-3-2-4-18(21)11-16;1-2/h2-11,23H,12-13H2,1H3,(H2,22,24);1-2H3. The van der Waals surface area contributed by atoms with Crippen molar-refractivity contribution in [1.82, 2.24) is 10.3 Å². The first-order valence-electron chi connectivity index (χ1n) is 8.89. The van der Waals surface area contributed by atoms with Crippen molar-refractivity contribution in [2.24, 2.45) is 0 Å². The number of aryl methyl sites for hydroxylation is 1. The highest BCUT2D eigenvalue weighted by Crippen LogP contribution is 2.20. The Kier molecular flexibility index (Phi) is 7.30. The lowest BCUT2D eigenvalue weighted by atomic mass is 10.1. The molecule has 0 aliphatic heterocycles. The fourth-order valence-electron chi connectivity index (χ4n) is 2.63. The molecule has 0 radical (unpaired) electrons. The van der Waals surface area contributed by atoms with Crippen molar-refractivity contribution in [3.63, 3.8) is 0 Å². The van der Waals surface area contributed by atoms with Crippen molar-refractivity contribution < 1.29 is 4.39 Å². The van der Waals surface area contributed by atoms with Gasteiger partial charge >= 0.3 is 0 Å². The van der Waals surface area contributed by atoms with Gasteiger partial charge in [-0.1, -0.05) is 50.2 Å². The Morgan fingerprint density at radius 1 is 0.923 bits per heavy atom. The van der Waals surface area contributed by atoms with Gasteiger partial charge in [-0.05, 0) is 47.9 Å². The summed E-state index contributed by atoms with van der Waals surface area (Å²) in [6.45, 7) is 7.36. The normalized spacial score (nSPS) is 10.2. The van der Waals surface area contributed by atoms with E-state index in [4.69, 9.17) is 5.73 Å². The first kappa shape index (κ1) is 19.6. The Morgan fingerprint density at radius 3 is 2.27 bits per heavy atom. The highest BCUT2D eigenvalue weighted by molar-refractivity contribution is 5.62. The van der Waals surface area contributed by atoms with Gasteiger partial charge in [0.15, 0.2) is 0 Å². The second-order valence-corrected chi connectivity index (χ2v) is 5.88. The smallest absolute Gasteiger partial charge is 0.124 e. The zero-order valence-electron chi connectivity index (χ0n) is 15.6. The van der Waals surface area contributed by atoms with Gasteiger partial charge in [0, 0.05) is 18.7 Å². The first-order valence-corrected chi connectivity index (χ1v) is 8.89. The highest BCUT2D eigenvalue weighted by atomic mass is 19.1. The number of hydrogen-bond acceptors (Lipinski definition) is 3. The second kappa shape index (κ2) is 9.68. The number of hydrogen-bond donors (Lipinski definition) is 2. The molecule has 3 N–H and O–H groups in total. The number of nitrogen functional groups attached to an aromatic ring is 1. The van der Waals surface area contributed by atoms with E-state index in [9.17, 15) is 4.39 Å². The van der Waals surface area contributed by atoms with Crippen LogP contribution in [0.3, 0.4) is 0 Å². The summed E-state index contributed by atoms with van der Waals surface area (Å²) < 4.78 is 13.1. The maximum absolute atomic E-state index is 13.1. The van der Waals surface area contributed by atoms with E-state index in [0.29, 0.717) is 12.4 Å². The summed E-state index contributed by atoms with van der Waals surface area (Å²) in [6, 6.07) is 18.7. The van der Waals surface area contributed by atoms with Crippen LogP contribution in [0.5, 0.6) is 0 Å². The van der Waals surface area contributed by atoms with E-state index in [-0.39, 0.29) is 5.82 Å². The number of pyridine rings is 1. The van der Waals surface area contributed by atoms with E-state index in [2.05, 4.69) is 22.4 Å². The summed E-state index contributed by atoms with van der Waals surface area (Å²) in [5.74, 6) is 0.328. The van der Waals surface area contributed by atoms with Crippen molar-refractivity contribution >= 4 is 5.82 Å². The van der Waals surface area contributed by atoms with Crippen LogP contribution in [0.2, 0.25) is 0 Å². The third-order valence-corrected chi connectivity index (χ3v) is 3.79. The molecule has 0 aliphatic rings. The molecule has 0 atom stereocenters. The average molecular weight is 351 g/mol. The number of nitrogens with zero attached hydrogens (tertiary/aromatic N) is 1. The lowest BCUT2D eigenvalue weighted by Gasteiger charge is -2.08. The van der Waals surface area contributed by atoms with Crippen LogP contribution in [-0.4, -0.2) is 4.98 Å². The molecule has 2 aromatic carbocycles. The van der Waals surface area contributed by atoms with Gasteiger partial charge in [-0.15, -0.1) is 0 Å². The second-order valence-electron chi connectivity index (χ2n) is 5.88. The zero-order chi connectivity index (χ0) is 18.9. The summed E-state index contributed by atoms with van der Waals surface area (Å²) in [6.07, 6.45) is 0. The molecule has 3 rings (SSSR count). The summed E-state index contributed by atoms with van der Waals surface area (Å²) in [5, 5.41) is 3.32. The Morgan fingerprint density at radius 2 is 1.62 bits per heavy atom. The molecule has 0 aliphatic carbocycles. The summed E-state index contributed by atoms with van der Waals surface area (Å²) >= 11 is 0. The highest BCUT2D eigenvalue weighted by Gasteiger charge is 2.02. The van der Waals surface area contributed by atoms with E-state index < -0.39 is 0 Å². The number of rotatable bonds is 5. The molecule has 3 nitrogen and oxygen atoms in total. The van der Waals surface area contributed by atoms with E-state index >= 15 is 0 Å². The zero-order valence-corrected chi connectivity index (χ0v) is 15.6. The fourth-order valence-corrected chi connectivity index (χ4v) is 2.63. The number of nitrogens with one attached hydrogen (secondary N) is 1. The Bertz CT molecular complexity index is 809. The van der Waals surface area contributed by atoms with Crippen molar-refractivity contribution in [1.29, 1.82) is 0 Å². The molecule has 26 heavy (non-hydrogen) atoms. The minimum atomic E-state index is -0.205. The molecule has 0 unspecified atom stereocenters. The van der Waals surface area contributed by atoms with Crippen LogP contribution in [-0.2, 0) is 13.1 Å². The van der Waals surface area contributed by atoms with Crippen LogP contribution in [0.1, 0.15) is 30.5 Å². The fraction of sp³-hybridized carbons (Fsp3) is 0.227. The first-order chi connectivity index (χ1) is 12.6. The third kappa shape index (κ3) is 5.67. The van der Waals surface area contributed by atoms with Crippen molar-refractivity contribution in [2.45, 2.75) is 33.9 Å². The Balaban J connectivity index is 0.00000117. The molecule has 0 amide bonds. The van der Waals surface area contributed by atoms with Gasteiger partial charge in [-0.3, -0.25) is 0 Å². The lowest BCUT2D eigenvalue weighted by Crippen LogP contribution is -2.12. The molecular weight excluding hydrogens is 325 g/mol. The minimum absolute atomic E-state index is 0.205. The molecule has 0 fully saturated rings. The molecule has 0 saturated heterocycles. The summed E-state index contributed by atoms with van der Waals surface area (Å²) in [7, 11) is 0. The average Bonchev–Trinajstić information content (AvgIpc) is 2.63. The van der Waals surface area contributed by atoms with Crippen LogP contribution >= 0.6 is 0 Å². The van der Waals surface area contributed by atoms with Crippen molar-refractivity contribution in [3.8, 4) is 11.3 Å². The maximum atomic E-state index is 13.1. The topological polar surface area (TPSA) is 50.9 Å². The molecule has 1 aromatic heterocycles. The molecule has 1 heterocycles. The predicted octanol–water partition coefficient (Wildman–Crippen LogP) is 5.09. The van der Waals surface area contributed by atoms with Gasteiger partial charge in [0.2, 0.25) is 0 Å². The lowest BCUT2D eigenvalue weighted by molar-refractivity contribution is 0.620.